The maximum Gasteiger partial charge on any atom is 0.142 e. The van der Waals surface area contributed by atoms with Crippen LogP contribution in [0.2, 0.25) is 0 Å². The predicted octanol–water partition coefficient (Wildman–Crippen LogP) is 1.93. The minimum atomic E-state index is -0.133. The van der Waals surface area contributed by atoms with E-state index in [1.807, 2.05) is 0 Å². The summed E-state index contributed by atoms with van der Waals surface area (Å²) < 4.78 is 0. The molecular formula is C12H12N2O2. The second kappa shape index (κ2) is 3.66. The molecule has 0 aromatic heterocycles. The molecule has 0 spiro atoms. The molecule has 0 atom stereocenters. The van der Waals surface area contributed by atoms with E-state index in [0.717, 1.165) is 5.56 Å². The third kappa shape index (κ3) is 1.72. The Morgan fingerprint density at radius 3 is 1.75 bits per heavy atom. The van der Waals surface area contributed by atoms with E-state index in [1.165, 1.54) is 12.1 Å². The van der Waals surface area contributed by atoms with Crippen molar-refractivity contribution in [3.63, 3.8) is 0 Å². The van der Waals surface area contributed by atoms with Gasteiger partial charge in [-0.2, -0.15) is 0 Å². The largest absolute Gasteiger partial charge is 0.506 e. The summed E-state index contributed by atoms with van der Waals surface area (Å²) in [5, 5.41) is 19.0. The number of rotatable bonds is 1. The summed E-state index contributed by atoms with van der Waals surface area (Å²) in [6.45, 7) is 0. The van der Waals surface area contributed by atoms with Crippen LogP contribution in [0.15, 0.2) is 36.4 Å². The topological polar surface area (TPSA) is 92.5 Å². The third-order valence-corrected chi connectivity index (χ3v) is 2.38. The van der Waals surface area contributed by atoms with Crippen molar-refractivity contribution in [2.24, 2.45) is 0 Å². The first-order valence-electron chi connectivity index (χ1n) is 4.75. The Morgan fingerprint density at radius 1 is 0.750 bits per heavy atom. The first kappa shape index (κ1) is 10.2. The highest BCUT2D eigenvalue weighted by molar-refractivity contribution is 5.75. The second-order valence-corrected chi connectivity index (χ2v) is 3.55. The fourth-order valence-electron chi connectivity index (χ4n) is 1.47. The number of phenols is 2. The number of nitrogen functional groups attached to an aromatic ring is 2. The zero-order chi connectivity index (χ0) is 11.7. The van der Waals surface area contributed by atoms with Crippen molar-refractivity contribution in [3.05, 3.63) is 36.4 Å². The van der Waals surface area contributed by atoms with Gasteiger partial charge in [-0.25, -0.2) is 0 Å². The molecule has 2 aromatic rings. The molecule has 0 radical (unpaired) electrons. The SMILES string of the molecule is Nc1ccc(-c2cc(O)c(N)c(O)c2)cc1. The molecule has 0 fully saturated rings. The van der Waals surface area contributed by atoms with Crippen LogP contribution in [0.1, 0.15) is 0 Å². The first-order valence-corrected chi connectivity index (χ1v) is 4.75. The van der Waals surface area contributed by atoms with Crippen molar-refractivity contribution in [2.75, 3.05) is 11.5 Å². The van der Waals surface area contributed by atoms with Gasteiger partial charge < -0.3 is 21.7 Å². The number of phenolic OH excluding ortho intramolecular Hbond substituents is 2. The van der Waals surface area contributed by atoms with E-state index in [1.54, 1.807) is 24.3 Å². The molecule has 0 aliphatic carbocycles. The van der Waals surface area contributed by atoms with Gasteiger partial charge in [0, 0.05) is 5.69 Å². The van der Waals surface area contributed by atoms with E-state index >= 15 is 0 Å². The molecule has 0 aliphatic rings. The molecule has 0 amide bonds. The van der Waals surface area contributed by atoms with Gasteiger partial charge in [-0.05, 0) is 35.4 Å². The highest BCUT2D eigenvalue weighted by Gasteiger charge is 2.07. The number of hydrogen-bond donors (Lipinski definition) is 4. The van der Waals surface area contributed by atoms with Gasteiger partial charge in [-0.15, -0.1) is 0 Å². The highest BCUT2D eigenvalue weighted by atomic mass is 16.3. The van der Waals surface area contributed by atoms with Crippen LogP contribution >= 0.6 is 0 Å². The summed E-state index contributed by atoms with van der Waals surface area (Å²) in [7, 11) is 0. The van der Waals surface area contributed by atoms with E-state index in [9.17, 15) is 10.2 Å². The molecular weight excluding hydrogens is 204 g/mol. The predicted molar refractivity (Wildman–Crippen MR) is 64.0 cm³/mol. The molecule has 0 unspecified atom stereocenters. The average Bonchev–Trinajstić information content (AvgIpc) is 2.26. The van der Waals surface area contributed by atoms with Gasteiger partial charge in [-0.1, -0.05) is 12.1 Å². The fraction of sp³-hybridized carbons (Fsp3) is 0. The van der Waals surface area contributed by atoms with E-state index in [2.05, 4.69) is 0 Å². The number of anilines is 2. The maximum absolute atomic E-state index is 9.49. The maximum atomic E-state index is 9.49. The Bertz CT molecular complexity index is 498. The summed E-state index contributed by atoms with van der Waals surface area (Å²) in [4.78, 5) is 0. The average molecular weight is 216 g/mol. The molecule has 4 nitrogen and oxygen atoms in total. The summed E-state index contributed by atoms with van der Waals surface area (Å²) in [6, 6.07) is 10.1. The van der Waals surface area contributed by atoms with Gasteiger partial charge in [0.25, 0.3) is 0 Å². The molecule has 2 aromatic carbocycles. The van der Waals surface area contributed by atoms with Crippen LogP contribution < -0.4 is 11.5 Å². The number of benzene rings is 2. The molecule has 0 bridgehead atoms. The lowest BCUT2D eigenvalue weighted by atomic mass is 10.0. The first-order chi connectivity index (χ1) is 7.58. The Kier molecular flexibility index (Phi) is 2.32. The number of hydrogen-bond acceptors (Lipinski definition) is 4. The lowest BCUT2D eigenvalue weighted by Gasteiger charge is -2.07. The van der Waals surface area contributed by atoms with Crippen molar-refractivity contribution < 1.29 is 10.2 Å². The number of aromatic hydroxyl groups is 2. The monoisotopic (exact) mass is 216 g/mol. The van der Waals surface area contributed by atoms with Crippen LogP contribution in [-0.4, -0.2) is 10.2 Å². The molecule has 0 aliphatic heterocycles. The van der Waals surface area contributed by atoms with Crippen LogP contribution in [-0.2, 0) is 0 Å². The summed E-state index contributed by atoms with van der Waals surface area (Å²) in [6.07, 6.45) is 0. The van der Waals surface area contributed by atoms with E-state index in [0.29, 0.717) is 11.3 Å². The summed E-state index contributed by atoms with van der Waals surface area (Å²) >= 11 is 0. The number of nitrogens with two attached hydrogens (primary N) is 2. The van der Waals surface area contributed by atoms with Gasteiger partial charge in [0.15, 0.2) is 0 Å². The molecule has 0 saturated carbocycles. The fourth-order valence-corrected chi connectivity index (χ4v) is 1.47. The smallest absolute Gasteiger partial charge is 0.142 e. The van der Waals surface area contributed by atoms with Gasteiger partial charge in [0.1, 0.15) is 17.2 Å². The third-order valence-electron chi connectivity index (χ3n) is 2.38. The van der Waals surface area contributed by atoms with Crippen molar-refractivity contribution >= 4 is 11.4 Å². The Labute approximate surface area is 92.8 Å². The van der Waals surface area contributed by atoms with Crippen LogP contribution in [0.5, 0.6) is 11.5 Å². The lowest BCUT2D eigenvalue weighted by Crippen LogP contribution is -1.88. The van der Waals surface area contributed by atoms with Crippen LogP contribution in [0.3, 0.4) is 0 Å². The van der Waals surface area contributed by atoms with Crippen LogP contribution in [0.25, 0.3) is 11.1 Å². The van der Waals surface area contributed by atoms with Gasteiger partial charge in [0.05, 0.1) is 0 Å². The summed E-state index contributed by atoms with van der Waals surface area (Å²) in [5.74, 6) is -0.265. The zero-order valence-electron chi connectivity index (χ0n) is 8.51. The normalized spacial score (nSPS) is 10.2. The Morgan fingerprint density at radius 2 is 1.25 bits per heavy atom. The second-order valence-electron chi connectivity index (χ2n) is 3.55. The van der Waals surface area contributed by atoms with Crippen molar-refractivity contribution in [1.82, 2.24) is 0 Å². The van der Waals surface area contributed by atoms with E-state index in [4.69, 9.17) is 11.5 Å². The molecule has 16 heavy (non-hydrogen) atoms. The Hall–Kier alpha value is -2.36. The molecule has 0 saturated heterocycles. The Balaban J connectivity index is 2.52. The van der Waals surface area contributed by atoms with Crippen LogP contribution in [0.4, 0.5) is 11.4 Å². The van der Waals surface area contributed by atoms with Crippen molar-refractivity contribution in [3.8, 4) is 22.6 Å². The molecule has 6 N–H and O–H groups in total. The molecule has 2 rings (SSSR count). The quantitative estimate of drug-likeness (QED) is 0.433. The molecule has 0 heterocycles. The van der Waals surface area contributed by atoms with Gasteiger partial charge in [0.2, 0.25) is 0 Å². The minimum absolute atomic E-state index is 0.0146. The standard InChI is InChI=1S/C12H12N2O2/c13-9-3-1-7(2-4-9)8-5-10(15)12(14)11(16)6-8/h1-6,15-16H,13-14H2. The van der Waals surface area contributed by atoms with Crippen LogP contribution in [0, 0.1) is 0 Å². The lowest BCUT2D eigenvalue weighted by molar-refractivity contribution is 0.456. The highest BCUT2D eigenvalue weighted by Crippen LogP contribution is 2.35. The van der Waals surface area contributed by atoms with Crippen molar-refractivity contribution in [2.45, 2.75) is 0 Å². The van der Waals surface area contributed by atoms with Gasteiger partial charge in [-0.3, -0.25) is 0 Å². The van der Waals surface area contributed by atoms with E-state index in [-0.39, 0.29) is 17.2 Å². The summed E-state index contributed by atoms with van der Waals surface area (Å²) in [5.41, 5.74) is 13.2. The molecule has 82 valence electrons. The van der Waals surface area contributed by atoms with E-state index < -0.39 is 0 Å². The molecule has 4 heteroatoms. The van der Waals surface area contributed by atoms with Gasteiger partial charge >= 0.3 is 0 Å². The zero-order valence-corrected chi connectivity index (χ0v) is 8.51. The van der Waals surface area contributed by atoms with Crippen molar-refractivity contribution in [1.29, 1.82) is 0 Å². The minimum Gasteiger partial charge on any atom is -0.506 e.